The molecule has 0 saturated heterocycles. The van der Waals surface area contributed by atoms with E-state index < -0.39 is 0 Å². The first kappa shape index (κ1) is 19.7. The maximum atomic E-state index is 5.53. The Bertz CT molecular complexity index is 591. The molecule has 0 bridgehead atoms. The van der Waals surface area contributed by atoms with Crippen LogP contribution in [-0.4, -0.2) is 19.4 Å². The zero-order valence-corrected chi connectivity index (χ0v) is 17.3. The van der Waals surface area contributed by atoms with Crippen LogP contribution in [0.3, 0.4) is 0 Å². The van der Waals surface area contributed by atoms with Crippen molar-refractivity contribution in [3.63, 3.8) is 0 Å². The highest BCUT2D eigenvalue weighted by atomic mass is 16.6. The van der Waals surface area contributed by atoms with E-state index in [0.717, 1.165) is 12.3 Å². The van der Waals surface area contributed by atoms with Crippen LogP contribution in [0, 0.1) is 28.6 Å². The molecule has 146 valence electrons. The molecule has 4 atom stereocenters. The number of nitrogens with two attached hydrogens (primary N) is 1. The Morgan fingerprint density at radius 2 is 2.15 bits per heavy atom. The molecule has 0 aromatic rings. The minimum absolute atomic E-state index is 0.139. The summed E-state index contributed by atoms with van der Waals surface area (Å²) < 4.78 is 0. The van der Waals surface area contributed by atoms with Crippen molar-refractivity contribution in [2.45, 2.75) is 72.6 Å². The number of nitrogens with zero attached hydrogens (tertiary/aromatic N) is 1. The molecule has 0 aliphatic heterocycles. The molecule has 1 unspecified atom stereocenters. The van der Waals surface area contributed by atoms with Gasteiger partial charge >= 0.3 is 0 Å². The standard InChI is InChI=1S/C23H38N2O/c1-17(2)18-7-9-20-19(15-18)8-10-21-22(3,11-5-12-23(20,21)4)16-25-26-14-6-13-24/h8,15-17,20-21H,5-7,9-14,24H2,1-4H3/b25-16+/t20-,21?,22+,23+/m0/s1. The van der Waals surface area contributed by atoms with E-state index in [4.69, 9.17) is 10.6 Å². The van der Waals surface area contributed by atoms with Gasteiger partial charge in [-0.05, 0) is 73.8 Å². The lowest BCUT2D eigenvalue weighted by atomic mass is 9.47. The third kappa shape index (κ3) is 3.65. The zero-order valence-electron chi connectivity index (χ0n) is 17.3. The fourth-order valence-electron chi connectivity index (χ4n) is 5.91. The highest BCUT2D eigenvalue weighted by molar-refractivity contribution is 5.66. The molecule has 1 fully saturated rings. The van der Waals surface area contributed by atoms with Crippen LogP contribution in [0.1, 0.15) is 72.6 Å². The second-order valence-electron chi connectivity index (χ2n) is 9.53. The molecule has 3 aliphatic carbocycles. The number of allylic oxidation sites excluding steroid dienone is 4. The summed E-state index contributed by atoms with van der Waals surface area (Å²) in [6.45, 7) is 10.9. The van der Waals surface area contributed by atoms with E-state index in [1.165, 1.54) is 38.5 Å². The number of hydrogen-bond donors (Lipinski definition) is 1. The lowest BCUT2D eigenvalue weighted by Crippen LogP contribution is -2.50. The highest BCUT2D eigenvalue weighted by Gasteiger charge is 2.53. The first-order valence-corrected chi connectivity index (χ1v) is 10.7. The van der Waals surface area contributed by atoms with Crippen molar-refractivity contribution in [3.05, 3.63) is 23.3 Å². The maximum absolute atomic E-state index is 5.53. The van der Waals surface area contributed by atoms with E-state index in [-0.39, 0.29) is 5.41 Å². The third-order valence-corrected chi connectivity index (χ3v) is 7.49. The number of oxime groups is 1. The topological polar surface area (TPSA) is 47.6 Å². The predicted molar refractivity (Wildman–Crippen MR) is 110 cm³/mol. The average Bonchev–Trinajstić information content (AvgIpc) is 2.61. The summed E-state index contributed by atoms with van der Waals surface area (Å²) in [6, 6.07) is 0. The van der Waals surface area contributed by atoms with Crippen molar-refractivity contribution in [1.29, 1.82) is 0 Å². The summed E-state index contributed by atoms with van der Waals surface area (Å²) >= 11 is 0. The quantitative estimate of drug-likeness (QED) is 0.388. The van der Waals surface area contributed by atoms with Crippen molar-refractivity contribution >= 4 is 6.21 Å². The predicted octanol–water partition coefficient (Wildman–Crippen LogP) is 5.47. The van der Waals surface area contributed by atoms with Gasteiger partial charge in [-0.15, -0.1) is 0 Å². The van der Waals surface area contributed by atoms with Crippen molar-refractivity contribution in [2.75, 3.05) is 13.2 Å². The molecule has 2 N–H and O–H groups in total. The molecule has 0 heterocycles. The average molecular weight is 359 g/mol. The first-order valence-electron chi connectivity index (χ1n) is 10.7. The van der Waals surface area contributed by atoms with Crippen molar-refractivity contribution < 1.29 is 4.84 Å². The van der Waals surface area contributed by atoms with Crippen molar-refractivity contribution in [3.8, 4) is 0 Å². The lowest BCUT2D eigenvalue weighted by Gasteiger charge is -2.57. The van der Waals surface area contributed by atoms with Crippen LogP contribution in [0.2, 0.25) is 0 Å². The number of hydrogen-bond acceptors (Lipinski definition) is 3. The van der Waals surface area contributed by atoms with Crippen LogP contribution < -0.4 is 5.73 Å². The molecule has 0 spiro atoms. The Kier molecular flexibility index (Phi) is 5.96. The smallest absolute Gasteiger partial charge is 0.118 e. The monoisotopic (exact) mass is 358 g/mol. The van der Waals surface area contributed by atoms with Gasteiger partial charge < -0.3 is 10.6 Å². The molecular formula is C23H38N2O. The number of fused-ring (bicyclic) bond motifs is 3. The SMILES string of the molecule is CC(C)C1=CC2=CCC3[C@@](C)(/C=N/OCCCN)CCC[C@]3(C)[C@H]2CC1. The fraction of sp³-hybridized carbons (Fsp3) is 0.783. The minimum atomic E-state index is 0.139. The Labute approximate surface area is 160 Å². The summed E-state index contributed by atoms with van der Waals surface area (Å²) in [6.07, 6.45) is 15.7. The summed E-state index contributed by atoms with van der Waals surface area (Å²) in [5, 5.41) is 4.35. The third-order valence-electron chi connectivity index (χ3n) is 7.49. The summed E-state index contributed by atoms with van der Waals surface area (Å²) in [5.41, 5.74) is 9.32. The van der Waals surface area contributed by atoms with Gasteiger partial charge in [0, 0.05) is 11.6 Å². The van der Waals surface area contributed by atoms with Gasteiger partial charge in [0.15, 0.2) is 0 Å². The number of rotatable bonds is 6. The van der Waals surface area contributed by atoms with E-state index >= 15 is 0 Å². The maximum Gasteiger partial charge on any atom is 0.118 e. The summed E-state index contributed by atoms with van der Waals surface area (Å²) in [4.78, 5) is 5.47. The molecular weight excluding hydrogens is 320 g/mol. The molecule has 26 heavy (non-hydrogen) atoms. The Morgan fingerprint density at radius 1 is 1.35 bits per heavy atom. The van der Waals surface area contributed by atoms with Crippen molar-refractivity contribution in [2.24, 2.45) is 39.5 Å². The zero-order chi connectivity index (χ0) is 18.8. The normalized spacial score (nSPS) is 37.2. The second kappa shape index (κ2) is 7.88. The van der Waals surface area contributed by atoms with Gasteiger partial charge in [0.05, 0.1) is 0 Å². The van der Waals surface area contributed by atoms with Gasteiger partial charge in [-0.25, -0.2) is 0 Å². The lowest BCUT2D eigenvalue weighted by molar-refractivity contribution is -0.0143. The first-order chi connectivity index (χ1) is 12.4. The highest BCUT2D eigenvalue weighted by Crippen LogP contribution is 2.61. The van der Waals surface area contributed by atoms with E-state index in [9.17, 15) is 0 Å². The Balaban J connectivity index is 1.81. The van der Waals surface area contributed by atoms with Crippen LogP contribution >= 0.6 is 0 Å². The minimum Gasteiger partial charge on any atom is -0.396 e. The van der Waals surface area contributed by atoms with E-state index in [0.29, 0.717) is 30.4 Å². The van der Waals surface area contributed by atoms with Gasteiger partial charge in [-0.2, -0.15) is 0 Å². The molecule has 0 aromatic heterocycles. The molecule has 3 nitrogen and oxygen atoms in total. The Morgan fingerprint density at radius 3 is 2.88 bits per heavy atom. The van der Waals surface area contributed by atoms with Crippen LogP contribution in [0.25, 0.3) is 0 Å². The Hall–Kier alpha value is -1.09. The largest absolute Gasteiger partial charge is 0.396 e. The van der Waals surface area contributed by atoms with Crippen LogP contribution in [0.5, 0.6) is 0 Å². The van der Waals surface area contributed by atoms with E-state index in [1.54, 1.807) is 11.1 Å². The van der Waals surface area contributed by atoms with Gasteiger partial charge in [-0.3, -0.25) is 0 Å². The molecule has 0 radical (unpaired) electrons. The summed E-state index contributed by atoms with van der Waals surface area (Å²) in [7, 11) is 0. The fourth-order valence-corrected chi connectivity index (χ4v) is 5.91. The van der Waals surface area contributed by atoms with Gasteiger partial charge in [0.2, 0.25) is 0 Å². The van der Waals surface area contributed by atoms with Gasteiger partial charge in [0.1, 0.15) is 6.61 Å². The molecule has 3 rings (SSSR count). The molecule has 1 saturated carbocycles. The van der Waals surface area contributed by atoms with Gasteiger partial charge in [0.25, 0.3) is 0 Å². The van der Waals surface area contributed by atoms with Gasteiger partial charge in [-0.1, -0.05) is 57.0 Å². The molecule has 3 heteroatoms. The summed E-state index contributed by atoms with van der Waals surface area (Å²) in [5.74, 6) is 2.06. The van der Waals surface area contributed by atoms with Crippen LogP contribution in [-0.2, 0) is 4.84 Å². The van der Waals surface area contributed by atoms with E-state index in [1.807, 2.05) is 0 Å². The van der Waals surface area contributed by atoms with Crippen LogP contribution in [0.4, 0.5) is 0 Å². The molecule has 0 aromatic carbocycles. The molecule has 3 aliphatic rings. The van der Waals surface area contributed by atoms with E-state index in [2.05, 4.69) is 51.2 Å². The second-order valence-corrected chi connectivity index (χ2v) is 9.53. The van der Waals surface area contributed by atoms with Crippen molar-refractivity contribution in [1.82, 2.24) is 0 Å². The molecule has 0 amide bonds. The van der Waals surface area contributed by atoms with Crippen LogP contribution in [0.15, 0.2) is 28.5 Å².